The molecule has 0 saturated carbocycles. The Balaban J connectivity index is 1.84. The molecular formula is C14H20N2O. The van der Waals surface area contributed by atoms with Gasteiger partial charge in [-0.05, 0) is 30.9 Å². The van der Waals surface area contributed by atoms with Crippen molar-refractivity contribution in [3.8, 4) is 0 Å². The molecule has 0 aliphatic carbocycles. The molecule has 0 aromatic heterocycles. The van der Waals surface area contributed by atoms with E-state index >= 15 is 0 Å². The maximum absolute atomic E-state index is 12.0. The Bertz CT molecular complexity index is 364. The second kappa shape index (κ2) is 5.82. The Morgan fingerprint density at radius 3 is 2.88 bits per heavy atom. The van der Waals surface area contributed by atoms with Crippen molar-refractivity contribution in [2.45, 2.75) is 32.4 Å². The number of carbonyl (C=O) groups is 1. The van der Waals surface area contributed by atoms with Gasteiger partial charge >= 0.3 is 0 Å². The third kappa shape index (κ3) is 3.30. The second-order valence-electron chi connectivity index (χ2n) is 4.75. The van der Waals surface area contributed by atoms with Gasteiger partial charge in [0.05, 0.1) is 6.04 Å². The molecule has 1 fully saturated rings. The van der Waals surface area contributed by atoms with Crippen molar-refractivity contribution in [2.24, 2.45) is 5.92 Å². The van der Waals surface area contributed by atoms with Crippen LogP contribution >= 0.6 is 0 Å². The Hall–Kier alpha value is -1.35. The predicted octanol–water partition coefficient (Wildman–Crippen LogP) is 1.69. The van der Waals surface area contributed by atoms with Crippen LogP contribution < -0.4 is 10.6 Å². The highest BCUT2D eigenvalue weighted by molar-refractivity contribution is 5.82. The largest absolute Gasteiger partial charge is 0.351 e. The van der Waals surface area contributed by atoms with Gasteiger partial charge in [-0.2, -0.15) is 0 Å². The number of amides is 1. The van der Waals surface area contributed by atoms with Crippen molar-refractivity contribution < 1.29 is 4.79 Å². The lowest BCUT2D eigenvalue weighted by atomic mass is 9.92. The lowest BCUT2D eigenvalue weighted by Gasteiger charge is -2.28. The summed E-state index contributed by atoms with van der Waals surface area (Å²) in [5.41, 5.74) is 1.14. The van der Waals surface area contributed by atoms with Crippen molar-refractivity contribution >= 4 is 5.91 Å². The van der Waals surface area contributed by atoms with Crippen LogP contribution in [0.2, 0.25) is 0 Å². The summed E-state index contributed by atoms with van der Waals surface area (Å²) in [6.45, 7) is 3.71. The molecule has 2 unspecified atom stereocenters. The van der Waals surface area contributed by atoms with Crippen LogP contribution in [0.5, 0.6) is 0 Å². The van der Waals surface area contributed by atoms with Gasteiger partial charge in [0.15, 0.2) is 0 Å². The fourth-order valence-electron chi connectivity index (χ4n) is 2.30. The van der Waals surface area contributed by atoms with Crippen LogP contribution in [-0.2, 0) is 11.3 Å². The van der Waals surface area contributed by atoms with E-state index in [1.807, 2.05) is 30.3 Å². The van der Waals surface area contributed by atoms with Crippen molar-refractivity contribution in [3.05, 3.63) is 35.9 Å². The SMILES string of the molecule is CC1CCCNC1C(=O)NCc1ccccc1. The summed E-state index contributed by atoms with van der Waals surface area (Å²) >= 11 is 0. The van der Waals surface area contributed by atoms with Crippen molar-refractivity contribution in [1.82, 2.24) is 10.6 Å². The smallest absolute Gasteiger partial charge is 0.237 e. The van der Waals surface area contributed by atoms with E-state index in [4.69, 9.17) is 0 Å². The van der Waals surface area contributed by atoms with Crippen LogP contribution in [0.15, 0.2) is 30.3 Å². The molecule has 3 nitrogen and oxygen atoms in total. The van der Waals surface area contributed by atoms with Gasteiger partial charge < -0.3 is 10.6 Å². The Kier molecular flexibility index (Phi) is 4.15. The van der Waals surface area contributed by atoms with Gasteiger partial charge in [-0.15, -0.1) is 0 Å². The lowest BCUT2D eigenvalue weighted by molar-refractivity contribution is -0.125. The zero-order valence-corrected chi connectivity index (χ0v) is 10.3. The summed E-state index contributed by atoms with van der Waals surface area (Å²) in [5, 5.41) is 6.29. The molecular weight excluding hydrogens is 212 g/mol. The highest BCUT2D eigenvalue weighted by atomic mass is 16.2. The Morgan fingerprint density at radius 1 is 1.41 bits per heavy atom. The summed E-state index contributed by atoms with van der Waals surface area (Å²) in [5.74, 6) is 0.556. The second-order valence-corrected chi connectivity index (χ2v) is 4.75. The summed E-state index contributed by atoms with van der Waals surface area (Å²) < 4.78 is 0. The molecule has 1 aliphatic heterocycles. The van der Waals surface area contributed by atoms with E-state index in [0.717, 1.165) is 18.5 Å². The van der Waals surface area contributed by atoms with Crippen LogP contribution in [0.1, 0.15) is 25.3 Å². The Morgan fingerprint density at radius 2 is 2.18 bits per heavy atom. The maximum atomic E-state index is 12.0. The van der Waals surface area contributed by atoms with Gasteiger partial charge in [-0.1, -0.05) is 37.3 Å². The predicted molar refractivity (Wildman–Crippen MR) is 68.5 cm³/mol. The van der Waals surface area contributed by atoms with E-state index in [9.17, 15) is 4.79 Å². The van der Waals surface area contributed by atoms with Gasteiger partial charge in [-0.25, -0.2) is 0 Å². The highest BCUT2D eigenvalue weighted by Gasteiger charge is 2.26. The normalized spacial score (nSPS) is 24.3. The van der Waals surface area contributed by atoms with Crippen LogP contribution in [0.3, 0.4) is 0 Å². The van der Waals surface area contributed by atoms with Crippen molar-refractivity contribution in [1.29, 1.82) is 0 Å². The third-order valence-corrected chi connectivity index (χ3v) is 3.36. The van der Waals surface area contributed by atoms with Crippen molar-refractivity contribution in [2.75, 3.05) is 6.54 Å². The zero-order valence-electron chi connectivity index (χ0n) is 10.3. The summed E-state index contributed by atoms with van der Waals surface area (Å²) in [6, 6.07) is 9.99. The number of piperidine rings is 1. The van der Waals surface area contributed by atoms with Crippen LogP contribution in [-0.4, -0.2) is 18.5 Å². The van der Waals surface area contributed by atoms with Gasteiger partial charge in [0.25, 0.3) is 0 Å². The average Bonchev–Trinajstić information content (AvgIpc) is 2.38. The van der Waals surface area contributed by atoms with Gasteiger partial charge in [0.2, 0.25) is 5.91 Å². The Labute approximate surface area is 103 Å². The van der Waals surface area contributed by atoms with Crippen molar-refractivity contribution in [3.63, 3.8) is 0 Å². The monoisotopic (exact) mass is 232 g/mol. The first-order chi connectivity index (χ1) is 8.27. The molecule has 1 heterocycles. The molecule has 1 amide bonds. The molecule has 0 radical (unpaired) electrons. The third-order valence-electron chi connectivity index (χ3n) is 3.36. The van der Waals surface area contributed by atoms with Crippen LogP contribution in [0.25, 0.3) is 0 Å². The molecule has 2 N–H and O–H groups in total. The molecule has 2 atom stereocenters. The first-order valence-corrected chi connectivity index (χ1v) is 6.32. The minimum Gasteiger partial charge on any atom is -0.351 e. The number of hydrogen-bond donors (Lipinski definition) is 2. The standard InChI is InChI=1S/C14H20N2O/c1-11-6-5-9-15-13(11)14(17)16-10-12-7-3-2-4-8-12/h2-4,7-8,11,13,15H,5-6,9-10H2,1H3,(H,16,17). The fourth-order valence-corrected chi connectivity index (χ4v) is 2.30. The molecule has 92 valence electrons. The van der Waals surface area contributed by atoms with Gasteiger partial charge in [0.1, 0.15) is 0 Å². The average molecular weight is 232 g/mol. The zero-order chi connectivity index (χ0) is 12.1. The molecule has 17 heavy (non-hydrogen) atoms. The topological polar surface area (TPSA) is 41.1 Å². The minimum atomic E-state index is -0.0209. The van der Waals surface area contributed by atoms with Gasteiger partial charge in [0, 0.05) is 6.54 Å². The lowest BCUT2D eigenvalue weighted by Crippen LogP contribution is -2.50. The molecule has 0 spiro atoms. The number of nitrogens with one attached hydrogen (secondary N) is 2. The minimum absolute atomic E-state index is 0.0209. The summed E-state index contributed by atoms with van der Waals surface area (Å²) in [6.07, 6.45) is 2.31. The van der Waals surface area contributed by atoms with E-state index in [1.165, 1.54) is 6.42 Å². The van der Waals surface area contributed by atoms with Gasteiger partial charge in [-0.3, -0.25) is 4.79 Å². The molecule has 3 heteroatoms. The van der Waals surface area contributed by atoms with Crippen LogP contribution in [0, 0.1) is 5.92 Å². The number of benzene rings is 1. The van der Waals surface area contributed by atoms with E-state index in [-0.39, 0.29) is 11.9 Å². The number of hydrogen-bond acceptors (Lipinski definition) is 2. The van der Waals surface area contributed by atoms with E-state index in [0.29, 0.717) is 12.5 Å². The molecule has 1 aromatic rings. The van der Waals surface area contributed by atoms with E-state index in [1.54, 1.807) is 0 Å². The quantitative estimate of drug-likeness (QED) is 0.832. The molecule has 0 bridgehead atoms. The summed E-state index contributed by atoms with van der Waals surface area (Å²) in [7, 11) is 0. The fraction of sp³-hybridized carbons (Fsp3) is 0.500. The first-order valence-electron chi connectivity index (χ1n) is 6.32. The first kappa shape index (κ1) is 12.1. The highest BCUT2D eigenvalue weighted by Crippen LogP contribution is 2.15. The van der Waals surface area contributed by atoms with E-state index < -0.39 is 0 Å². The molecule has 1 aromatic carbocycles. The van der Waals surface area contributed by atoms with E-state index in [2.05, 4.69) is 17.6 Å². The van der Waals surface area contributed by atoms with Crippen LogP contribution in [0.4, 0.5) is 0 Å². The summed E-state index contributed by atoms with van der Waals surface area (Å²) in [4.78, 5) is 12.0. The molecule has 1 aliphatic rings. The molecule has 1 saturated heterocycles. The number of rotatable bonds is 3. The maximum Gasteiger partial charge on any atom is 0.237 e. The number of carbonyl (C=O) groups excluding carboxylic acids is 1. The molecule has 2 rings (SSSR count).